The highest BCUT2D eigenvalue weighted by atomic mass is 32.1. The quantitative estimate of drug-likeness (QED) is 0.584. The summed E-state index contributed by atoms with van der Waals surface area (Å²) >= 11 is 1.04. The van der Waals surface area contributed by atoms with Gasteiger partial charge in [0.1, 0.15) is 11.0 Å². The van der Waals surface area contributed by atoms with Crippen LogP contribution in [0.4, 0.5) is 5.69 Å². The summed E-state index contributed by atoms with van der Waals surface area (Å²) in [6.45, 7) is 0. The molecule has 5 nitrogen and oxygen atoms in total. The van der Waals surface area contributed by atoms with E-state index >= 15 is 0 Å². The minimum Gasteiger partial charge on any atom is -0.387 e. The number of hydrogen-bond acceptors (Lipinski definition) is 6. The van der Waals surface area contributed by atoms with Crippen molar-refractivity contribution in [1.29, 1.82) is 0 Å². The smallest absolute Gasteiger partial charge is 0.196 e. The Bertz CT molecular complexity index is 930. The molecule has 0 aliphatic heterocycles. The maximum atomic E-state index is 12.8. The summed E-state index contributed by atoms with van der Waals surface area (Å²) < 4.78 is 8.37. The predicted octanol–water partition coefficient (Wildman–Crippen LogP) is 2.51. The Morgan fingerprint density at radius 2 is 1.67 bits per heavy atom. The predicted molar refractivity (Wildman–Crippen MR) is 80.3 cm³/mol. The van der Waals surface area contributed by atoms with Gasteiger partial charge in [0, 0.05) is 23.9 Å². The van der Waals surface area contributed by atoms with Crippen molar-refractivity contribution in [2.45, 2.75) is 0 Å². The second-order valence-electron chi connectivity index (χ2n) is 4.76. The van der Waals surface area contributed by atoms with Gasteiger partial charge in [-0.25, -0.2) is 0 Å². The first-order valence-electron chi connectivity index (χ1n) is 6.38. The van der Waals surface area contributed by atoms with E-state index in [9.17, 15) is 9.59 Å². The molecule has 6 heteroatoms. The molecule has 0 saturated carbocycles. The number of fused-ring (bicyclic) bond motifs is 4. The fourth-order valence-corrected chi connectivity index (χ4v) is 3.26. The van der Waals surface area contributed by atoms with E-state index in [1.807, 2.05) is 0 Å². The number of hydrogen-bond donors (Lipinski definition) is 1. The maximum Gasteiger partial charge on any atom is 0.196 e. The number of nitrogens with zero attached hydrogens (tertiary/aromatic N) is 2. The minimum absolute atomic E-state index is 0.153. The number of nitrogens with one attached hydrogen (secondary N) is 1. The molecule has 0 amide bonds. The van der Waals surface area contributed by atoms with Crippen LogP contribution in [0.25, 0.3) is 11.0 Å². The van der Waals surface area contributed by atoms with E-state index in [1.165, 1.54) is 0 Å². The highest BCUT2D eigenvalue weighted by molar-refractivity contribution is 7.00. The van der Waals surface area contributed by atoms with Crippen LogP contribution >= 0.6 is 11.7 Å². The minimum atomic E-state index is -0.171. The van der Waals surface area contributed by atoms with Crippen LogP contribution in [0.15, 0.2) is 30.3 Å². The van der Waals surface area contributed by atoms with E-state index in [-0.39, 0.29) is 11.6 Å². The van der Waals surface area contributed by atoms with Crippen molar-refractivity contribution in [3.63, 3.8) is 0 Å². The first-order valence-corrected chi connectivity index (χ1v) is 7.11. The van der Waals surface area contributed by atoms with Gasteiger partial charge in [-0.1, -0.05) is 24.3 Å². The number of ketones is 2. The zero-order chi connectivity index (χ0) is 14.6. The van der Waals surface area contributed by atoms with Gasteiger partial charge in [-0.3, -0.25) is 9.59 Å². The SMILES string of the molecule is CNc1cc2nsnc2c2c1C(=O)c1ccccc1C2=O. The molecule has 1 aliphatic carbocycles. The first-order chi connectivity index (χ1) is 10.2. The van der Waals surface area contributed by atoms with Gasteiger partial charge < -0.3 is 5.32 Å². The Kier molecular flexibility index (Phi) is 2.43. The number of carbonyl (C=O) groups is 2. The Balaban J connectivity index is 2.17. The normalized spacial score (nSPS) is 13.2. The van der Waals surface area contributed by atoms with Crippen molar-refractivity contribution in [3.8, 4) is 0 Å². The zero-order valence-corrected chi connectivity index (χ0v) is 11.8. The second-order valence-corrected chi connectivity index (χ2v) is 5.29. The lowest BCUT2D eigenvalue weighted by molar-refractivity contribution is 0.0981. The van der Waals surface area contributed by atoms with Crippen LogP contribution < -0.4 is 5.32 Å². The maximum absolute atomic E-state index is 12.8. The topological polar surface area (TPSA) is 72.0 Å². The van der Waals surface area contributed by atoms with E-state index < -0.39 is 0 Å². The van der Waals surface area contributed by atoms with Crippen LogP contribution in [0, 0.1) is 0 Å². The highest BCUT2D eigenvalue weighted by Crippen LogP contribution is 2.36. The van der Waals surface area contributed by atoms with E-state index in [0.717, 1.165) is 11.7 Å². The molecule has 102 valence electrons. The van der Waals surface area contributed by atoms with Crippen molar-refractivity contribution in [1.82, 2.24) is 8.75 Å². The third kappa shape index (κ3) is 1.50. The summed E-state index contributed by atoms with van der Waals surface area (Å²) in [6, 6.07) is 8.64. The van der Waals surface area contributed by atoms with Crippen molar-refractivity contribution in [3.05, 3.63) is 52.6 Å². The zero-order valence-electron chi connectivity index (χ0n) is 11.0. The second kappa shape index (κ2) is 4.20. The third-order valence-corrected chi connectivity index (χ3v) is 4.23. The molecule has 1 N–H and O–H groups in total. The lowest BCUT2D eigenvalue weighted by Gasteiger charge is -2.20. The molecule has 1 aromatic heterocycles. The van der Waals surface area contributed by atoms with Gasteiger partial charge in [0.2, 0.25) is 0 Å². The molecule has 4 rings (SSSR count). The Hall–Kier alpha value is -2.60. The van der Waals surface area contributed by atoms with Crippen LogP contribution in [-0.2, 0) is 0 Å². The highest BCUT2D eigenvalue weighted by Gasteiger charge is 2.34. The molecule has 1 aliphatic rings. The molecule has 0 radical (unpaired) electrons. The number of anilines is 1. The van der Waals surface area contributed by atoms with Crippen molar-refractivity contribution < 1.29 is 9.59 Å². The van der Waals surface area contributed by atoms with E-state index in [1.54, 1.807) is 37.4 Å². The Morgan fingerprint density at radius 1 is 1.00 bits per heavy atom. The van der Waals surface area contributed by atoms with Crippen LogP contribution in [0.2, 0.25) is 0 Å². The summed E-state index contributed by atoms with van der Waals surface area (Å²) in [4.78, 5) is 25.6. The molecule has 3 aromatic rings. The lowest BCUT2D eigenvalue weighted by Crippen LogP contribution is -2.22. The van der Waals surface area contributed by atoms with Gasteiger partial charge in [0.25, 0.3) is 0 Å². The third-order valence-electron chi connectivity index (χ3n) is 3.69. The molecule has 1 heterocycles. The van der Waals surface area contributed by atoms with Gasteiger partial charge >= 0.3 is 0 Å². The van der Waals surface area contributed by atoms with Gasteiger partial charge in [-0.15, -0.1) is 0 Å². The number of benzene rings is 2. The van der Waals surface area contributed by atoms with E-state index in [2.05, 4.69) is 14.1 Å². The average molecular weight is 295 g/mol. The Morgan fingerprint density at radius 3 is 2.33 bits per heavy atom. The van der Waals surface area contributed by atoms with Crippen LogP contribution in [0.3, 0.4) is 0 Å². The number of rotatable bonds is 1. The first kappa shape index (κ1) is 12.2. The molecular weight excluding hydrogens is 286 g/mol. The monoisotopic (exact) mass is 295 g/mol. The van der Waals surface area contributed by atoms with Gasteiger partial charge in [-0.2, -0.15) is 8.75 Å². The molecule has 2 aromatic carbocycles. The van der Waals surface area contributed by atoms with Crippen LogP contribution in [0.1, 0.15) is 31.8 Å². The van der Waals surface area contributed by atoms with Crippen molar-refractivity contribution in [2.75, 3.05) is 12.4 Å². The fourth-order valence-electron chi connectivity index (χ4n) is 2.73. The molecule has 0 atom stereocenters. The van der Waals surface area contributed by atoms with E-state index in [0.29, 0.717) is 39.0 Å². The average Bonchev–Trinajstić information content (AvgIpc) is 2.99. The van der Waals surface area contributed by atoms with Gasteiger partial charge in [0.15, 0.2) is 11.6 Å². The Labute approximate surface area is 123 Å². The molecule has 0 fully saturated rings. The number of carbonyl (C=O) groups excluding carboxylic acids is 2. The molecule has 0 bridgehead atoms. The fraction of sp³-hybridized carbons (Fsp3) is 0.0667. The molecule has 21 heavy (non-hydrogen) atoms. The van der Waals surface area contributed by atoms with Gasteiger partial charge in [0.05, 0.1) is 22.9 Å². The summed E-state index contributed by atoms with van der Waals surface area (Å²) in [6.07, 6.45) is 0. The van der Waals surface area contributed by atoms with Crippen LogP contribution in [0.5, 0.6) is 0 Å². The molecule has 0 saturated heterocycles. The summed E-state index contributed by atoms with van der Waals surface area (Å²) in [5, 5.41) is 2.98. The molecule has 0 spiro atoms. The van der Waals surface area contributed by atoms with Gasteiger partial charge in [-0.05, 0) is 6.07 Å². The summed E-state index contributed by atoms with van der Waals surface area (Å²) in [7, 11) is 1.72. The standard InChI is InChI=1S/C15H9N3O2S/c1-16-9-6-10-13(18-21-17-10)12-11(9)14(19)7-4-2-3-5-8(7)15(12)20/h2-6,16H,1H3. The van der Waals surface area contributed by atoms with Crippen molar-refractivity contribution in [2.24, 2.45) is 0 Å². The molecule has 0 unspecified atom stereocenters. The largest absolute Gasteiger partial charge is 0.387 e. The lowest BCUT2D eigenvalue weighted by atomic mass is 9.82. The summed E-state index contributed by atoms with van der Waals surface area (Å²) in [5.74, 6) is -0.325. The van der Waals surface area contributed by atoms with E-state index in [4.69, 9.17) is 0 Å². The number of aromatic nitrogens is 2. The summed E-state index contributed by atoms with van der Waals surface area (Å²) in [5.41, 5.74) is 3.35. The molecular formula is C15H9N3O2S. The van der Waals surface area contributed by atoms with Crippen molar-refractivity contribution >= 4 is 40.0 Å². The van der Waals surface area contributed by atoms with Crippen LogP contribution in [-0.4, -0.2) is 27.4 Å².